The lowest BCUT2D eigenvalue weighted by Gasteiger charge is -2.15. The predicted octanol–water partition coefficient (Wildman–Crippen LogP) is 3.57. The van der Waals surface area contributed by atoms with Crippen molar-refractivity contribution in [2.45, 2.75) is 24.3 Å². The molecule has 134 valence electrons. The van der Waals surface area contributed by atoms with Crippen molar-refractivity contribution >= 4 is 28.6 Å². The summed E-state index contributed by atoms with van der Waals surface area (Å²) in [6.07, 6.45) is 0. The van der Waals surface area contributed by atoms with Crippen LogP contribution in [0.4, 0.5) is 4.39 Å². The molecule has 7 heteroatoms. The second kappa shape index (κ2) is 7.70. The van der Waals surface area contributed by atoms with Gasteiger partial charge >= 0.3 is 5.97 Å². The van der Waals surface area contributed by atoms with Crippen LogP contribution in [0.2, 0.25) is 0 Å². The van der Waals surface area contributed by atoms with Crippen LogP contribution < -0.4 is 5.56 Å². The Kier molecular flexibility index (Phi) is 5.37. The maximum Gasteiger partial charge on any atom is 0.319 e. The Morgan fingerprint density at radius 3 is 2.62 bits per heavy atom. The summed E-state index contributed by atoms with van der Waals surface area (Å²) in [5, 5.41) is 0.250. The molecule has 0 N–H and O–H groups in total. The van der Waals surface area contributed by atoms with Gasteiger partial charge in [0.1, 0.15) is 11.1 Å². The first-order valence-corrected chi connectivity index (χ1v) is 9.00. The summed E-state index contributed by atoms with van der Waals surface area (Å²) < 4.78 is 19.7. The van der Waals surface area contributed by atoms with Gasteiger partial charge in [0, 0.05) is 0 Å². The Hall–Kier alpha value is -2.67. The van der Waals surface area contributed by atoms with Crippen molar-refractivity contribution in [1.29, 1.82) is 0 Å². The minimum Gasteiger partial charge on any atom is -0.465 e. The number of esters is 1. The Morgan fingerprint density at radius 2 is 1.92 bits per heavy atom. The lowest BCUT2D eigenvalue weighted by molar-refractivity contribution is -0.142. The van der Waals surface area contributed by atoms with Gasteiger partial charge in [0.05, 0.1) is 23.2 Å². The molecule has 1 atom stereocenters. The van der Waals surface area contributed by atoms with Gasteiger partial charge in [0.25, 0.3) is 5.56 Å². The van der Waals surface area contributed by atoms with E-state index in [1.807, 2.05) is 0 Å². The summed E-state index contributed by atoms with van der Waals surface area (Å²) in [6, 6.07) is 12.5. The van der Waals surface area contributed by atoms with Gasteiger partial charge in [-0.25, -0.2) is 9.37 Å². The summed E-state index contributed by atoms with van der Waals surface area (Å²) >= 11 is 1.13. The van der Waals surface area contributed by atoms with Crippen molar-refractivity contribution in [3.8, 4) is 5.69 Å². The van der Waals surface area contributed by atoms with Crippen LogP contribution in [0.25, 0.3) is 16.6 Å². The van der Waals surface area contributed by atoms with Crippen LogP contribution >= 0.6 is 11.8 Å². The highest BCUT2D eigenvalue weighted by Crippen LogP contribution is 2.25. The van der Waals surface area contributed by atoms with Crippen LogP contribution in [-0.2, 0) is 9.53 Å². The average molecular weight is 372 g/mol. The molecule has 0 aliphatic heterocycles. The summed E-state index contributed by atoms with van der Waals surface area (Å²) in [6.45, 7) is 3.71. The van der Waals surface area contributed by atoms with Crippen molar-refractivity contribution in [2.75, 3.05) is 6.61 Å². The quantitative estimate of drug-likeness (QED) is 0.389. The molecule has 5 nitrogen and oxygen atoms in total. The zero-order chi connectivity index (χ0) is 18.7. The van der Waals surface area contributed by atoms with Gasteiger partial charge in [-0.2, -0.15) is 0 Å². The number of aromatic nitrogens is 2. The van der Waals surface area contributed by atoms with E-state index in [0.717, 1.165) is 11.8 Å². The van der Waals surface area contributed by atoms with Gasteiger partial charge in [0.15, 0.2) is 5.16 Å². The Bertz CT molecular complexity index is 1000. The number of hydrogen-bond donors (Lipinski definition) is 0. The lowest BCUT2D eigenvalue weighted by atomic mass is 10.2. The highest BCUT2D eigenvalue weighted by Gasteiger charge is 2.21. The van der Waals surface area contributed by atoms with E-state index in [4.69, 9.17) is 4.74 Å². The molecule has 0 spiro atoms. The van der Waals surface area contributed by atoms with E-state index in [0.29, 0.717) is 21.7 Å². The Labute approximate surface area is 153 Å². The number of hydrogen-bond acceptors (Lipinski definition) is 5. The van der Waals surface area contributed by atoms with E-state index in [9.17, 15) is 14.0 Å². The minimum atomic E-state index is -0.547. The molecular weight excluding hydrogens is 355 g/mol. The highest BCUT2D eigenvalue weighted by molar-refractivity contribution is 8.00. The molecule has 0 bridgehead atoms. The molecule has 1 heterocycles. The first-order chi connectivity index (χ1) is 12.5. The van der Waals surface area contributed by atoms with E-state index >= 15 is 0 Å². The third-order valence-corrected chi connectivity index (χ3v) is 4.76. The van der Waals surface area contributed by atoms with E-state index < -0.39 is 11.1 Å². The second-order valence-electron chi connectivity index (χ2n) is 5.54. The van der Waals surface area contributed by atoms with E-state index in [-0.39, 0.29) is 18.1 Å². The zero-order valence-corrected chi connectivity index (χ0v) is 15.1. The molecule has 0 aliphatic rings. The fourth-order valence-corrected chi connectivity index (χ4v) is 3.40. The first kappa shape index (κ1) is 18.1. The topological polar surface area (TPSA) is 61.2 Å². The van der Waals surface area contributed by atoms with Crippen molar-refractivity contribution in [2.24, 2.45) is 0 Å². The van der Waals surface area contributed by atoms with Crippen LogP contribution in [-0.4, -0.2) is 27.4 Å². The molecule has 0 fully saturated rings. The van der Waals surface area contributed by atoms with Crippen molar-refractivity contribution in [3.63, 3.8) is 0 Å². The zero-order valence-electron chi connectivity index (χ0n) is 14.3. The number of thioether (sulfide) groups is 1. The molecule has 0 unspecified atom stereocenters. The molecule has 1 aromatic heterocycles. The number of carbonyl (C=O) groups excluding carboxylic acids is 1. The van der Waals surface area contributed by atoms with Crippen LogP contribution in [0, 0.1) is 5.82 Å². The van der Waals surface area contributed by atoms with Gasteiger partial charge in [-0.3, -0.25) is 14.2 Å². The Morgan fingerprint density at radius 1 is 1.23 bits per heavy atom. The molecule has 2 aromatic carbocycles. The van der Waals surface area contributed by atoms with E-state index in [1.165, 1.54) is 28.8 Å². The molecule has 26 heavy (non-hydrogen) atoms. The Balaban J connectivity index is 2.16. The average Bonchev–Trinajstić information content (AvgIpc) is 2.63. The maximum absolute atomic E-state index is 13.3. The number of ether oxygens (including phenoxy) is 1. The van der Waals surface area contributed by atoms with Crippen molar-refractivity contribution in [1.82, 2.24) is 9.55 Å². The number of rotatable bonds is 5. The number of para-hydroxylation sites is 1. The number of fused-ring (bicyclic) bond motifs is 1. The van der Waals surface area contributed by atoms with Crippen molar-refractivity contribution < 1.29 is 13.9 Å². The minimum absolute atomic E-state index is 0.277. The van der Waals surface area contributed by atoms with Gasteiger partial charge in [-0.15, -0.1) is 0 Å². The van der Waals surface area contributed by atoms with E-state index in [2.05, 4.69) is 4.98 Å². The SMILES string of the molecule is CCOC(=O)[C@H](C)Sc1nc2ccccc2c(=O)n1-c1ccc(F)cc1. The summed E-state index contributed by atoms with van der Waals surface area (Å²) in [5.74, 6) is -0.782. The molecule has 0 radical (unpaired) electrons. The van der Waals surface area contributed by atoms with Gasteiger partial charge in [-0.05, 0) is 50.2 Å². The monoisotopic (exact) mass is 372 g/mol. The number of nitrogens with zero attached hydrogens (tertiary/aromatic N) is 2. The smallest absolute Gasteiger partial charge is 0.319 e. The first-order valence-electron chi connectivity index (χ1n) is 8.12. The summed E-state index contributed by atoms with van der Waals surface area (Å²) in [5.41, 5.74) is 0.739. The molecule has 0 amide bonds. The third-order valence-electron chi connectivity index (χ3n) is 3.73. The molecule has 3 rings (SSSR count). The number of halogens is 1. The van der Waals surface area contributed by atoms with Crippen LogP contribution in [0.15, 0.2) is 58.5 Å². The van der Waals surface area contributed by atoms with Crippen LogP contribution in [0.5, 0.6) is 0 Å². The van der Waals surface area contributed by atoms with Crippen LogP contribution in [0.1, 0.15) is 13.8 Å². The lowest BCUT2D eigenvalue weighted by Crippen LogP contribution is -2.24. The molecule has 0 saturated carbocycles. The fourth-order valence-electron chi connectivity index (χ4n) is 2.48. The summed E-state index contributed by atoms with van der Waals surface area (Å²) in [4.78, 5) is 29.5. The van der Waals surface area contributed by atoms with Gasteiger partial charge < -0.3 is 4.74 Å². The van der Waals surface area contributed by atoms with Gasteiger partial charge in [-0.1, -0.05) is 23.9 Å². The van der Waals surface area contributed by atoms with Crippen molar-refractivity contribution in [3.05, 3.63) is 64.7 Å². The summed E-state index contributed by atoms with van der Waals surface area (Å²) in [7, 11) is 0. The molecule has 3 aromatic rings. The predicted molar refractivity (Wildman–Crippen MR) is 99.3 cm³/mol. The molecule has 0 aliphatic carbocycles. The largest absolute Gasteiger partial charge is 0.465 e. The van der Waals surface area contributed by atoms with Crippen LogP contribution in [0.3, 0.4) is 0 Å². The molecule has 0 saturated heterocycles. The normalized spacial score (nSPS) is 12.1. The van der Waals surface area contributed by atoms with E-state index in [1.54, 1.807) is 38.1 Å². The maximum atomic E-state index is 13.3. The fraction of sp³-hybridized carbons (Fsp3) is 0.211. The van der Waals surface area contributed by atoms with Gasteiger partial charge in [0.2, 0.25) is 0 Å². The number of benzene rings is 2. The number of carbonyl (C=O) groups is 1. The third kappa shape index (κ3) is 3.62. The highest BCUT2D eigenvalue weighted by atomic mass is 32.2. The molecular formula is C19H17FN2O3S. The standard InChI is InChI=1S/C19H17FN2O3S/c1-3-25-18(24)12(2)26-19-21-16-7-5-4-6-15(16)17(23)22(19)14-10-8-13(20)9-11-14/h4-12H,3H2,1-2H3/t12-/m0/s1. The second-order valence-corrected chi connectivity index (χ2v) is 6.85.